The van der Waals surface area contributed by atoms with Gasteiger partial charge < -0.3 is 25.6 Å². The Morgan fingerprint density at radius 2 is 2.14 bits per heavy atom. The molecule has 1 atom stereocenters. The van der Waals surface area contributed by atoms with Gasteiger partial charge in [0.2, 0.25) is 0 Å². The number of nitrogens with two attached hydrogens (primary N) is 1. The summed E-state index contributed by atoms with van der Waals surface area (Å²) in [5, 5.41) is 14.1. The van der Waals surface area contributed by atoms with Gasteiger partial charge in [0.05, 0.1) is 32.3 Å². The van der Waals surface area contributed by atoms with Crippen LogP contribution in [0, 0.1) is 0 Å². The van der Waals surface area contributed by atoms with Gasteiger partial charge in [-0.3, -0.25) is 0 Å². The third-order valence-corrected chi connectivity index (χ3v) is 3.47. The molecule has 1 heterocycles. The van der Waals surface area contributed by atoms with Crippen molar-refractivity contribution in [3.05, 3.63) is 18.3 Å². The molecule has 2 aromatic rings. The van der Waals surface area contributed by atoms with Crippen molar-refractivity contribution in [2.45, 2.75) is 19.4 Å². The topological polar surface area (TPSA) is 89.6 Å². The van der Waals surface area contributed by atoms with Crippen LogP contribution in [0.5, 0.6) is 11.5 Å². The van der Waals surface area contributed by atoms with Gasteiger partial charge >= 0.3 is 0 Å². The molecule has 0 bridgehead atoms. The molecule has 6 nitrogen and oxygen atoms in total. The highest BCUT2D eigenvalue weighted by Gasteiger charge is 2.17. The van der Waals surface area contributed by atoms with Crippen molar-refractivity contribution in [3.8, 4) is 11.5 Å². The zero-order valence-electron chi connectivity index (χ0n) is 12.5. The van der Waals surface area contributed by atoms with E-state index in [4.69, 9.17) is 15.2 Å². The number of hydrogen-bond donors (Lipinski definition) is 3. The molecule has 0 saturated carbocycles. The monoisotopic (exact) mass is 291 g/mol. The molecule has 114 valence electrons. The van der Waals surface area contributed by atoms with Crippen molar-refractivity contribution in [2.75, 3.05) is 31.9 Å². The molecule has 0 saturated heterocycles. The molecule has 0 spiro atoms. The summed E-state index contributed by atoms with van der Waals surface area (Å²) in [6, 6.07) is 3.47. The van der Waals surface area contributed by atoms with Crippen molar-refractivity contribution in [1.82, 2.24) is 4.98 Å². The summed E-state index contributed by atoms with van der Waals surface area (Å²) in [5.41, 5.74) is 6.68. The van der Waals surface area contributed by atoms with E-state index in [9.17, 15) is 5.11 Å². The van der Waals surface area contributed by atoms with Crippen LogP contribution in [0.25, 0.3) is 10.8 Å². The van der Waals surface area contributed by atoms with Gasteiger partial charge in [-0.25, -0.2) is 4.98 Å². The van der Waals surface area contributed by atoms with E-state index in [1.165, 1.54) is 0 Å². The molecule has 6 heteroatoms. The third kappa shape index (κ3) is 2.80. The number of aromatic nitrogens is 1. The Hall–Kier alpha value is -2.21. The number of hydrogen-bond acceptors (Lipinski definition) is 6. The number of pyridine rings is 1. The molecule has 0 fully saturated rings. The highest BCUT2D eigenvalue weighted by Crippen LogP contribution is 2.41. The molecule has 0 amide bonds. The fraction of sp³-hybridized carbons (Fsp3) is 0.400. The molecule has 0 aliphatic carbocycles. The van der Waals surface area contributed by atoms with E-state index < -0.39 is 0 Å². The SMILES string of the molecule is CCC(CO)Nc1nccc2c(OC)c(OC)cc(N)c12. The number of nitrogen functional groups attached to an aromatic ring is 1. The molecule has 1 unspecified atom stereocenters. The molecule has 21 heavy (non-hydrogen) atoms. The first-order chi connectivity index (χ1) is 10.2. The Kier molecular flexibility index (Phi) is 4.70. The van der Waals surface area contributed by atoms with Gasteiger partial charge in [-0.2, -0.15) is 0 Å². The van der Waals surface area contributed by atoms with Crippen molar-refractivity contribution in [2.24, 2.45) is 0 Å². The van der Waals surface area contributed by atoms with Gasteiger partial charge in [-0.05, 0) is 12.5 Å². The number of aliphatic hydroxyl groups is 1. The van der Waals surface area contributed by atoms with Gasteiger partial charge in [-0.15, -0.1) is 0 Å². The van der Waals surface area contributed by atoms with E-state index in [0.717, 1.165) is 17.2 Å². The van der Waals surface area contributed by atoms with Gasteiger partial charge in [0.15, 0.2) is 11.5 Å². The summed E-state index contributed by atoms with van der Waals surface area (Å²) in [6.45, 7) is 2.02. The van der Waals surface area contributed by atoms with E-state index in [1.54, 1.807) is 26.5 Å². The summed E-state index contributed by atoms with van der Waals surface area (Å²) < 4.78 is 10.7. The quantitative estimate of drug-likeness (QED) is 0.705. The van der Waals surface area contributed by atoms with Crippen LogP contribution >= 0.6 is 0 Å². The highest BCUT2D eigenvalue weighted by molar-refractivity contribution is 6.05. The molecular formula is C15H21N3O3. The minimum atomic E-state index is -0.0735. The molecule has 0 aliphatic heterocycles. The maximum atomic E-state index is 9.35. The van der Waals surface area contributed by atoms with Crippen LogP contribution in [0.15, 0.2) is 18.3 Å². The maximum absolute atomic E-state index is 9.35. The number of benzene rings is 1. The summed E-state index contributed by atoms with van der Waals surface area (Å²) in [7, 11) is 3.16. The summed E-state index contributed by atoms with van der Waals surface area (Å²) >= 11 is 0. The number of nitrogens with zero attached hydrogens (tertiary/aromatic N) is 1. The predicted octanol–water partition coefficient (Wildman–Crippen LogP) is 2.02. The number of ether oxygens (including phenoxy) is 2. The second kappa shape index (κ2) is 6.49. The fourth-order valence-corrected chi connectivity index (χ4v) is 2.30. The number of methoxy groups -OCH3 is 2. The minimum absolute atomic E-state index is 0.0295. The van der Waals surface area contributed by atoms with Crippen LogP contribution in [-0.4, -0.2) is 37.0 Å². The Morgan fingerprint density at radius 1 is 1.38 bits per heavy atom. The number of nitrogens with one attached hydrogen (secondary N) is 1. The molecule has 1 aromatic heterocycles. The van der Waals surface area contributed by atoms with Crippen LogP contribution in [0.2, 0.25) is 0 Å². The average Bonchev–Trinajstić information content (AvgIpc) is 2.52. The van der Waals surface area contributed by atoms with Gasteiger partial charge in [-0.1, -0.05) is 6.92 Å². The zero-order valence-corrected chi connectivity index (χ0v) is 12.5. The van der Waals surface area contributed by atoms with Crippen molar-refractivity contribution >= 4 is 22.3 Å². The first kappa shape index (κ1) is 15.2. The van der Waals surface area contributed by atoms with Gasteiger partial charge in [0.1, 0.15) is 5.82 Å². The van der Waals surface area contributed by atoms with E-state index >= 15 is 0 Å². The maximum Gasteiger partial charge on any atom is 0.168 e. The lowest BCUT2D eigenvalue weighted by Crippen LogP contribution is -2.23. The van der Waals surface area contributed by atoms with Crippen molar-refractivity contribution in [3.63, 3.8) is 0 Å². The van der Waals surface area contributed by atoms with Crippen LogP contribution in [0.1, 0.15) is 13.3 Å². The molecular weight excluding hydrogens is 270 g/mol. The van der Waals surface area contributed by atoms with Crippen LogP contribution in [0.3, 0.4) is 0 Å². The highest BCUT2D eigenvalue weighted by atomic mass is 16.5. The average molecular weight is 291 g/mol. The van der Waals surface area contributed by atoms with Gasteiger partial charge in [0.25, 0.3) is 0 Å². The fourth-order valence-electron chi connectivity index (χ4n) is 2.30. The summed E-state index contributed by atoms with van der Waals surface area (Å²) in [6.07, 6.45) is 2.46. The van der Waals surface area contributed by atoms with E-state index in [2.05, 4.69) is 10.3 Å². The second-order valence-corrected chi connectivity index (χ2v) is 4.72. The van der Waals surface area contributed by atoms with Crippen molar-refractivity contribution in [1.29, 1.82) is 0 Å². The number of anilines is 2. The Balaban J connectivity index is 2.64. The van der Waals surface area contributed by atoms with Gasteiger partial charge in [0, 0.05) is 23.3 Å². The van der Waals surface area contributed by atoms with Crippen molar-refractivity contribution < 1.29 is 14.6 Å². The molecule has 2 rings (SSSR count). The number of fused-ring (bicyclic) bond motifs is 1. The lowest BCUT2D eigenvalue weighted by Gasteiger charge is -2.19. The Labute approximate surface area is 123 Å². The first-order valence-corrected chi connectivity index (χ1v) is 6.82. The predicted molar refractivity (Wildman–Crippen MR) is 84.0 cm³/mol. The lowest BCUT2D eigenvalue weighted by molar-refractivity contribution is 0.271. The molecule has 4 N–H and O–H groups in total. The van der Waals surface area contributed by atoms with Crippen LogP contribution in [0.4, 0.5) is 11.5 Å². The summed E-state index contributed by atoms with van der Waals surface area (Å²) in [4.78, 5) is 4.34. The van der Waals surface area contributed by atoms with Crippen LogP contribution < -0.4 is 20.5 Å². The first-order valence-electron chi connectivity index (χ1n) is 6.82. The van der Waals surface area contributed by atoms with Crippen LogP contribution in [-0.2, 0) is 0 Å². The second-order valence-electron chi connectivity index (χ2n) is 4.72. The molecule has 0 radical (unpaired) electrons. The summed E-state index contributed by atoms with van der Waals surface area (Å²) in [5.74, 6) is 1.82. The number of aliphatic hydroxyl groups excluding tert-OH is 1. The lowest BCUT2D eigenvalue weighted by atomic mass is 10.1. The Morgan fingerprint density at radius 3 is 2.71 bits per heavy atom. The largest absolute Gasteiger partial charge is 0.493 e. The minimum Gasteiger partial charge on any atom is -0.493 e. The van der Waals surface area contributed by atoms with E-state index in [0.29, 0.717) is 23.0 Å². The van der Waals surface area contributed by atoms with E-state index in [1.807, 2.05) is 13.0 Å². The smallest absolute Gasteiger partial charge is 0.168 e. The molecule has 0 aliphatic rings. The molecule has 1 aromatic carbocycles. The zero-order chi connectivity index (χ0) is 15.4. The Bertz CT molecular complexity index is 627. The van der Waals surface area contributed by atoms with E-state index in [-0.39, 0.29) is 12.6 Å². The third-order valence-electron chi connectivity index (χ3n) is 3.47. The number of rotatable bonds is 6. The normalized spacial score (nSPS) is 12.2. The standard InChI is InChI=1S/C15H21N3O3/c1-4-9(8-19)18-15-13-10(5-6-17-15)14(21-3)12(20-2)7-11(13)16/h5-7,9,19H,4,8,16H2,1-3H3,(H,17,18).